The van der Waals surface area contributed by atoms with Crippen molar-refractivity contribution in [3.8, 4) is 5.75 Å². The molecule has 0 saturated heterocycles. The fourth-order valence-electron chi connectivity index (χ4n) is 2.74. The predicted molar refractivity (Wildman–Crippen MR) is 96.8 cm³/mol. The average Bonchev–Trinajstić information content (AvgIpc) is 2.89. The summed E-state index contributed by atoms with van der Waals surface area (Å²) in [6, 6.07) is 6.92. The molecule has 26 heavy (non-hydrogen) atoms. The van der Waals surface area contributed by atoms with Gasteiger partial charge in [-0.2, -0.15) is 0 Å². The van der Waals surface area contributed by atoms with Crippen LogP contribution in [-0.4, -0.2) is 35.9 Å². The third-order valence-corrected chi connectivity index (χ3v) is 4.01. The third-order valence-electron chi connectivity index (χ3n) is 4.01. The minimum atomic E-state index is -1.03. The van der Waals surface area contributed by atoms with Crippen LogP contribution in [0.15, 0.2) is 24.3 Å². The predicted octanol–water partition coefficient (Wildman–Crippen LogP) is 3.03. The van der Waals surface area contributed by atoms with Gasteiger partial charge in [-0.15, -0.1) is 0 Å². The molecule has 2 aromatic rings. The van der Waals surface area contributed by atoms with E-state index in [1.807, 2.05) is 0 Å². The second-order valence-electron chi connectivity index (χ2n) is 5.92. The molecule has 0 radical (unpaired) electrons. The third kappa shape index (κ3) is 3.93. The number of nitrogens with one attached hydrogen (secondary N) is 2. The second kappa shape index (κ2) is 7.86. The van der Waals surface area contributed by atoms with E-state index in [9.17, 15) is 14.4 Å². The summed E-state index contributed by atoms with van der Waals surface area (Å²) in [5.74, 6) is -0.824. The Morgan fingerprint density at radius 2 is 1.81 bits per heavy atom. The van der Waals surface area contributed by atoms with Gasteiger partial charge < -0.3 is 19.8 Å². The molecule has 138 valence electrons. The van der Waals surface area contributed by atoms with Gasteiger partial charge in [-0.25, -0.2) is 4.79 Å². The topological polar surface area (TPSA) is 97.5 Å². The number of methoxy groups -OCH3 is 1. The molecule has 7 nitrogen and oxygen atoms in total. The number of carbonyl (C=O) groups is 3. The average molecular weight is 358 g/mol. The maximum absolute atomic E-state index is 12.4. The van der Waals surface area contributed by atoms with Crippen LogP contribution in [0.25, 0.3) is 0 Å². The number of H-pyrrole nitrogens is 1. The molecule has 0 saturated carbocycles. The zero-order chi connectivity index (χ0) is 19.4. The first kappa shape index (κ1) is 19.2. The van der Waals surface area contributed by atoms with Crippen molar-refractivity contribution < 1.29 is 23.9 Å². The van der Waals surface area contributed by atoms with E-state index in [1.165, 1.54) is 21.0 Å². The van der Waals surface area contributed by atoms with E-state index >= 15 is 0 Å². The van der Waals surface area contributed by atoms with Crippen LogP contribution in [0.5, 0.6) is 5.75 Å². The molecule has 1 aromatic heterocycles. The number of carbonyl (C=O) groups excluding carboxylic acids is 3. The number of ether oxygens (including phenoxy) is 2. The highest BCUT2D eigenvalue weighted by atomic mass is 16.5. The van der Waals surface area contributed by atoms with E-state index < -0.39 is 18.0 Å². The van der Waals surface area contributed by atoms with Crippen molar-refractivity contribution in [3.05, 3.63) is 46.8 Å². The number of benzene rings is 1. The van der Waals surface area contributed by atoms with Crippen LogP contribution >= 0.6 is 0 Å². The van der Waals surface area contributed by atoms with Gasteiger partial charge in [0.25, 0.3) is 5.91 Å². The molecule has 0 bridgehead atoms. The van der Waals surface area contributed by atoms with Crippen molar-refractivity contribution in [3.63, 3.8) is 0 Å². The minimum Gasteiger partial charge on any atom is -0.495 e. The smallest absolute Gasteiger partial charge is 0.355 e. The number of amides is 1. The van der Waals surface area contributed by atoms with Gasteiger partial charge in [0.15, 0.2) is 11.9 Å². The highest BCUT2D eigenvalue weighted by Crippen LogP contribution is 2.24. The van der Waals surface area contributed by atoms with Crippen molar-refractivity contribution in [2.75, 3.05) is 12.4 Å². The molecule has 0 aliphatic heterocycles. The lowest BCUT2D eigenvalue weighted by molar-refractivity contribution is -0.123. The quantitative estimate of drug-likeness (QED) is 0.611. The normalized spacial score (nSPS) is 11.6. The van der Waals surface area contributed by atoms with Crippen molar-refractivity contribution in [2.45, 2.75) is 33.8 Å². The molecular weight excluding hydrogens is 336 g/mol. The number of Topliss-reactive ketones (excluding diaryl/α,β-unsaturated/α-hetero) is 1. The van der Waals surface area contributed by atoms with Crippen LogP contribution in [0.1, 0.15) is 46.0 Å². The zero-order valence-corrected chi connectivity index (χ0v) is 15.4. The van der Waals surface area contributed by atoms with E-state index in [1.54, 1.807) is 38.1 Å². The first-order chi connectivity index (χ1) is 12.3. The Hall–Kier alpha value is -3.09. The standard InChI is InChI=1S/C19H22N2O5/c1-10-16(12(3)22)11(2)20-17(10)19(24)26-13(4)18(23)21-14-8-6-7-9-15(14)25-5/h6-9,13,20H,1-5H3,(H,21,23)/t13-/m1/s1. The molecule has 0 aliphatic carbocycles. The Balaban J connectivity index is 2.11. The molecular formula is C19H22N2O5. The van der Waals surface area contributed by atoms with E-state index in [0.29, 0.717) is 28.3 Å². The molecule has 1 heterocycles. The van der Waals surface area contributed by atoms with Crippen LogP contribution in [0.4, 0.5) is 5.69 Å². The molecule has 1 amide bonds. The van der Waals surface area contributed by atoms with E-state index in [2.05, 4.69) is 10.3 Å². The molecule has 0 aliphatic rings. The Morgan fingerprint density at radius 1 is 1.15 bits per heavy atom. The molecule has 2 N–H and O–H groups in total. The summed E-state index contributed by atoms with van der Waals surface area (Å²) in [6.45, 7) is 6.27. The lowest BCUT2D eigenvalue weighted by Gasteiger charge is -2.15. The molecule has 2 rings (SSSR count). The monoisotopic (exact) mass is 358 g/mol. The van der Waals surface area contributed by atoms with Gasteiger partial charge in [-0.1, -0.05) is 12.1 Å². The zero-order valence-electron chi connectivity index (χ0n) is 15.4. The van der Waals surface area contributed by atoms with Gasteiger partial charge in [0, 0.05) is 11.3 Å². The fraction of sp³-hybridized carbons (Fsp3) is 0.316. The summed E-state index contributed by atoms with van der Waals surface area (Å²) in [5, 5.41) is 2.66. The summed E-state index contributed by atoms with van der Waals surface area (Å²) in [5.41, 5.74) is 2.21. The number of ketones is 1. The first-order valence-electron chi connectivity index (χ1n) is 8.11. The van der Waals surface area contributed by atoms with E-state index in [0.717, 1.165) is 0 Å². The molecule has 1 aromatic carbocycles. The fourth-order valence-corrected chi connectivity index (χ4v) is 2.74. The van der Waals surface area contributed by atoms with Gasteiger partial charge in [-0.3, -0.25) is 9.59 Å². The first-order valence-corrected chi connectivity index (χ1v) is 8.11. The summed E-state index contributed by atoms with van der Waals surface area (Å²) in [4.78, 5) is 39.2. The molecule has 7 heteroatoms. The van der Waals surface area contributed by atoms with Gasteiger partial charge >= 0.3 is 5.97 Å². The molecule has 0 spiro atoms. The molecule has 0 fully saturated rings. The van der Waals surface area contributed by atoms with Crippen LogP contribution in [0.2, 0.25) is 0 Å². The van der Waals surface area contributed by atoms with Crippen molar-refractivity contribution in [2.24, 2.45) is 0 Å². The summed E-state index contributed by atoms with van der Waals surface area (Å²) in [7, 11) is 1.50. The Morgan fingerprint density at radius 3 is 2.38 bits per heavy atom. The number of hydrogen-bond donors (Lipinski definition) is 2. The lowest BCUT2D eigenvalue weighted by atomic mass is 10.1. The summed E-state index contributed by atoms with van der Waals surface area (Å²) < 4.78 is 10.4. The van der Waals surface area contributed by atoms with Gasteiger partial charge in [0.2, 0.25) is 0 Å². The SMILES string of the molecule is COc1ccccc1NC(=O)[C@@H](C)OC(=O)c1[nH]c(C)c(C(C)=O)c1C. The Bertz CT molecular complexity index is 854. The number of aryl methyl sites for hydroxylation is 1. The number of aromatic nitrogens is 1. The number of rotatable bonds is 6. The van der Waals surface area contributed by atoms with E-state index in [-0.39, 0.29) is 11.5 Å². The van der Waals surface area contributed by atoms with Crippen molar-refractivity contribution in [1.82, 2.24) is 4.98 Å². The summed E-state index contributed by atoms with van der Waals surface area (Å²) >= 11 is 0. The minimum absolute atomic E-state index is 0.141. The van der Waals surface area contributed by atoms with Crippen molar-refractivity contribution >= 4 is 23.3 Å². The lowest BCUT2D eigenvalue weighted by Crippen LogP contribution is -2.30. The maximum Gasteiger partial charge on any atom is 0.355 e. The maximum atomic E-state index is 12.4. The Labute approximate surface area is 151 Å². The highest BCUT2D eigenvalue weighted by molar-refractivity contribution is 6.02. The number of para-hydroxylation sites is 2. The van der Waals surface area contributed by atoms with E-state index in [4.69, 9.17) is 9.47 Å². The highest BCUT2D eigenvalue weighted by Gasteiger charge is 2.25. The number of esters is 1. The van der Waals surface area contributed by atoms with Crippen molar-refractivity contribution in [1.29, 1.82) is 0 Å². The number of aromatic amines is 1. The van der Waals surface area contributed by atoms with Crippen LogP contribution in [0, 0.1) is 13.8 Å². The second-order valence-corrected chi connectivity index (χ2v) is 5.92. The van der Waals surface area contributed by atoms with Gasteiger partial charge in [0.1, 0.15) is 11.4 Å². The number of hydrogen-bond acceptors (Lipinski definition) is 5. The van der Waals surface area contributed by atoms with Crippen LogP contribution < -0.4 is 10.1 Å². The van der Waals surface area contributed by atoms with Gasteiger partial charge in [-0.05, 0) is 45.4 Å². The molecule has 1 atom stereocenters. The van der Waals surface area contributed by atoms with Gasteiger partial charge in [0.05, 0.1) is 12.8 Å². The van der Waals surface area contributed by atoms with Crippen LogP contribution in [-0.2, 0) is 9.53 Å². The molecule has 0 unspecified atom stereocenters. The Kier molecular flexibility index (Phi) is 5.82. The largest absolute Gasteiger partial charge is 0.495 e. The summed E-state index contributed by atoms with van der Waals surface area (Å²) in [6.07, 6.45) is -1.03. The van der Waals surface area contributed by atoms with Crippen LogP contribution in [0.3, 0.4) is 0 Å². The number of anilines is 1.